The second-order valence-electron chi connectivity index (χ2n) is 5.33. The number of nitro groups is 1. The van der Waals surface area contributed by atoms with E-state index in [0.29, 0.717) is 25.1 Å². The standard InChI is InChI=1S/C13H23N3O3/c1-9(2)11-13(16(18)19)15(7-5-6-8-17)12(14-11)10(3)4/h9-10,17H,5-8H2,1-4H3. The molecule has 0 aliphatic carbocycles. The molecule has 1 aromatic rings. The topological polar surface area (TPSA) is 81.2 Å². The van der Waals surface area contributed by atoms with E-state index in [1.807, 2.05) is 27.7 Å². The lowest BCUT2D eigenvalue weighted by molar-refractivity contribution is -0.393. The summed E-state index contributed by atoms with van der Waals surface area (Å²) in [6.45, 7) is 8.44. The fraction of sp³-hybridized carbons (Fsp3) is 0.769. The van der Waals surface area contributed by atoms with Gasteiger partial charge in [-0.3, -0.25) is 0 Å². The molecule has 0 bridgehead atoms. The largest absolute Gasteiger partial charge is 0.396 e. The molecule has 1 heterocycles. The van der Waals surface area contributed by atoms with Gasteiger partial charge >= 0.3 is 5.82 Å². The highest BCUT2D eigenvalue weighted by atomic mass is 16.6. The molecule has 0 unspecified atom stereocenters. The van der Waals surface area contributed by atoms with Crippen molar-refractivity contribution in [3.63, 3.8) is 0 Å². The molecule has 0 radical (unpaired) electrons. The Hall–Kier alpha value is -1.43. The van der Waals surface area contributed by atoms with Gasteiger partial charge in [0.1, 0.15) is 5.69 Å². The van der Waals surface area contributed by atoms with E-state index in [1.54, 1.807) is 4.57 Å². The second-order valence-corrected chi connectivity index (χ2v) is 5.33. The number of aliphatic hydroxyl groups excluding tert-OH is 1. The van der Waals surface area contributed by atoms with Crippen LogP contribution in [-0.2, 0) is 6.54 Å². The molecule has 0 fully saturated rings. The van der Waals surface area contributed by atoms with Gasteiger partial charge in [0.25, 0.3) is 0 Å². The average Bonchev–Trinajstić information content (AvgIpc) is 2.69. The Morgan fingerprint density at radius 2 is 1.89 bits per heavy atom. The van der Waals surface area contributed by atoms with E-state index >= 15 is 0 Å². The van der Waals surface area contributed by atoms with Crippen molar-refractivity contribution in [1.82, 2.24) is 9.55 Å². The molecule has 108 valence electrons. The Morgan fingerprint density at radius 1 is 1.26 bits per heavy atom. The smallest absolute Gasteiger partial charge is 0.346 e. The molecule has 1 aromatic heterocycles. The Morgan fingerprint density at radius 3 is 2.32 bits per heavy atom. The van der Waals surface area contributed by atoms with Crippen LogP contribution < -0.4 is 0 Å². The van der Waals surface area contributed by atoms with Gasteiger partial charge < -0.3 is 15.2 Å². The van der Waals surface area contributed by atoms with Crippen molar-refractivity contribution in [3.05, 3.63) is 21.6 Å². The zero-order valence-electron chi connectivity index (χ0n) is 12.1. The van der Waals surface area contributed by atoms with Gasteiger partial charge in [0, 0.05) is 18.4 Å². The molecule has 0 atom stereocenters. The first-order valence-electron chi connectivity index (χ1n) is 6.75. The molecule has 6 nitrogen and oxygen atoms in total. The maximum atomic E-state index is 11.3. The van der Waals surface area contributed by atoms with Crippen molar-refractivity contribution in [2.45, 2.75) is 58.9 Å². The number of nitrogens with zero attached hydrogens (tertiary/aromatic N) is 3. The Bertz CT molecular complexity index is 439. The minimum atomic E-state index is -0.340. The van der Waals surface area contributed by atoms with Crippen molar-refractivity contribution < 1.29 is 10.0 Å². The zero-order chi connectivity index (χ0) is 14.6. The van der Waals surface area contributed by atoms with Gasteiger partial charge in [0.05, 0.1) is 6.54 Å². The maximum absolute atomic E-state index is 11.3. The van der Waals surface area contributed by atoms with Crippen LogP contribution in [0.1, 0.15) is 63.9 Å². The van der Waals surface area contributed by atoms with Crippen LogP contribution in [0.4, 0.5) is 5.82 Å². The minimum absolute atomic E-state index is 0.0250. The molecule has 1 rings (SSSR count). The van der Waals surface area contributed by atoms with E-state index in [0.717, 1.165) is 5.82 Å². The van der Waals surface area contributed by atoms with E-state index < -0.39 is 0 Å². The number of hydrogen-bond acceptors (Lipinski definition) is 4. The lowest BCUT2D eigenvalue weighted by Gasteiger charge is -2.07. The molecule has 0 aliphatic heterocycles. The summed E-state index contributed by atoms with van der Waals surface area (Å²) in [6.07, 6.45) is 1.36. The van der Waals surface area contributed by atoms with Crippen LogP contribution in [0.2, 0.25) is 0 Å². The Balaban J connectivity index is 3.24. The Kier molecular flexibility index (Phi) is 5.47. The quantitative estimate of drug-likeness (QED) is 0.469. The van der Waals surface area contributed by atoms with Crippen molar-refractivity contribution in [1.29, 1.82) is 0 Å². The molecule has 0 amide bonds. The van der Waals surface area contributed by atoms with Crippen LogP contribution in [-0.4, -0.2) is 26.2 Å². The third-order valence-electron chi connectivity index (χ3n) is 3.02. The maximum Gasteiger partial charge on any atom is 0.346 e. The van der Waals surface area contributed by atoms with E-state index in [2.05, 4.69) is 4.98 Å². The van der Waals surface area contributed by atoms with Crippen LogP contribution in [0.25, 0.3) is 0 Å². The van der Waals surface area contributed by atoms with E-state index in [4.69, 9.17) is 5.11 Å². The highest BCUT2D eigenvalue weighted by Crippen LogP contribution is 2.30. The molecule has 1 N–H and O–H groups in total. The van der Waals surface area contributed by atoms with Gasteiger partial charge in [-0.25, -0.2) is 9.55 Å². The summed E-state index contributed by atoms with van der Waals surface area (Å²) in [4.78, 5) is 15.4. The summed E-state index contributed by atoms with van der Waals surface area (Å²) in [6, 6.07) is 0. The summed E-state index contributed by atoms with van der Waals surface area (Å²) in [5, 5.41) is 20.1. The number of aromatic nitrogens is 2. The molecular weight excluding hydrogens is 246 g/mol. The van der Waals surface area contributed by atoms with Crippen LogP contribution in [0.5, 0.6) is 0 Å². The number of unbranched alkanes of at least 4 members (excludes halogenated alkanes) is 1. The van der Waals surface area contributed by atoms with Gasteiger partial charge in [-0.2, -0.15) is 0 Å². The molecular formula is C13H23N3O3. The van der Waals surface area contributed by atoms with Gasteiger partial charge in [-0.05, 0) is 17.8 Å². The third kappa shape index (κ3) is 3.53. The molecule has 19 heavy (non-hydrogen) atoms. The number of imidazole rings is 1. The minimum Gasteiger partial charge on any atom is -0.396 e. The highest BCUT2D eigenvalue weighted by molar-refractivity contribution is 5.34. The van der Waals surface area contributed by atoms with Crippen molar-refractivity contribution >= 4 is 5.82 Å². The second kappa shape index (κ2) is 6.65. The van der Waals surface area contributed by atoms with Crippen LogP contribution in [0.15, 0.2) is 0 Å². The van der Waals surface area contributed by atoms with Crippen LogP contribution >= 0.6 is 0 Å². The number of aliphatic hydroxyl groups is 1. The molecule has 0 saturated heterocycles. The normalized spacial score (nSPS) is 11.5. The summed E-state index contributed by atoms with van der Waals surface area (Å²) in [7, 11) is 0. The average molecular weight is 269 g/mol. The first-order valence-corrected chi connectivity index (χ1v) is 6.75. The summed E-state index contributed by atoms with van der Waals surface area (Å²) < 4.78 is 1.70. The highest BCUT2D eigenvalue weighted by Gasteiger charge is 2.29. The van der Waals surface area contributed by atoms with Crippen LogP contribution in [0.3, 0.4) is 0 Å². The summed E-state index contributed by atoms with van der Waals surface area (Å²) >= 11 is 0. The summed E-state index contributed by atoms with van der Waals surface area (Å²) in [5.74, 6) is 1.03. The zero-order valence-corrected chi connectivity index (χ0v) is 12.1. The monoisotopic (exact) mass is 269 g/mol. The predicted molar refractivity (Wildman–Crippen MR) is 73.4 cm³/mol. The van der Waals surface area contributed by atoms with E-state index in [1.165, 1.54) is 0 Å². The third-order valence-corrected chi connectivity index (χ3v) is 3.02. The van der Waals surface area contributed by atoms with Gasteiger partial charge in [-0.1, -0.05) is 27.7 Å². The lowest BCUT2D eigenvalue weighted by Crippen LogP contribution is -2.09. The van der Waals surface area contributed by atoms with Crippen molar-refractivity contribution in [3.8, 4) is 0 Å². The van der Waals surface area contributed by atoms with Gasteiger partial charge in [-0.15, -0.1) is 0 Å². The van der Waals surface area contributed by atoms with Gasteiger partial charge in [0.2, 0.25) is 0 Å². The fourth-order valence-electron chi connectivity index (χ4n) is 2.10. The molecule has 6 heteroatoms. The SMILES string of the molecule is CC(C)c1nc(C(C)C)n(CCCCO)c1[N+](=O)[O-]. The first kappa shape index (κ1) is 15.6. The fourth-order valence-corrected chi connectivity index (χ4v) is 2.10. The molecule has 0 saturated carbocycles. The summed E-state index contributed by atoms with van der Waals surface area (Å²) in [5.41, 5.74) is 0.553. The number of hydrogen-bond donors (Lipinski definition) is 1. The Labute approximate surface area is 113 Å². The first-order chi connectivity index (χ1) is 8.90. The van der Waals surface area contributed by atoms with E-state index in [-0.39, 0.29) is 29.2 Å². The van der Waals surface area contributed by atoms with E-state index in [9.17, 15) is 10.1 Å². The number of rotatable bonds is 7. The van der Waals surface area contributed by atoms with Crippen molar-refractivity contribution in [2.75, 3.05) is 6.61 Å². The molecule has 0 aliphatic rings. The predicted octanol–water partition coefficient (Wildman–Crippen LogP) is 2.81. The van der Waals surface area contributed by atoms with Crippen LogP contribution in [0, 0.1) is 10.1 Å². The molecule has 0 aromatic carbocycles. The molecule has 0 spiro atoms. The van der Waals surface area contributed by atoms with Crippen molar-refractivity contribution in [2.24, 2.45) is 0 Å². The van der Waals surface area contributed by atoms with Gasteiger partial charge in [0.15, 0.2) is 5.82 Å². The lowest BCUT2D eigenvalue weighted by atomic mass is 10.1.